The van der Waals surface area contributed by atoms with Gasteiger partial charge in [0.15, 0.2) is 6.10 Å². The van der Waals surface area contributed by atoms with Crippen molar-refractivity contribution in [3.05, 3.63) is 81.4 Å². The number of halogens is 1. The van der Waals surface area contributed by atoms with Gasteiger partial charge in [0.05, 0.1) is 23.6 Å². The molecule has 0 amide bonds. The van der Waals surface area contributed by atoms with Crippen molar-refractivity contribution in [2.45, 2.75) is 99.1 Å². The maximum Gasteiger partial charge on any atom is 0.337 e. The standard InChI is InChI=1S/C37H48FN3O4/c1-23-18-29(38)11-10-27(23)20-40-15-12-25-19-26(8-9-28(25)21-40)32-30(22-42)39-24(2)31(34(35(43)44)45-36(3,4)5)33(32)41-16-13-37(6,7)14-17-41/h8-11,18-19,34,42H,12-17,20-22H2,1-7H3,(H,43,44)/t34-/m0/s1. The summed E-state index contributed by atoms with van der Waals surface area (Å²) in [5.41, 5.74) is 8.22. The van der Waals surface area contributed by atoms with Gasteiger partial charge in [-0.3, -0.25) is 9.88 Å². The zero-order valence-corrected chi connectivity index (χ0v) is 27.8. The molecular weight excluding hydrogens is 569 g/mol. The molecule has 3 heterocycles. The first-order valence-corrected chi connectivity index (χ1v) is 16.0. The van der Waals surface area contributed by atoms with Gasteiger partial charge in [0, 0.05) is 49.5 Å². The smallest absolute Gasteiger partial charge is 0.337 e. The first kappa shape index (κ1) is 33.0. The molecule has 1 fully saturated rings. The molecule has 1 atom stereocenters. The van der Waals surface area contributed by atoms with Gasteiger partial charge in [0.1, 0.15) is 5.82 Å². The molecule has 0 aliphatic carbocycles. The maximum atomic E-state index is 13.7. The van der Waals surface area contributed by atoms with Gasteiger partial charge in [0.2, 0.25) is 0 Å². The molecule has 242 valence electrons. The van der Waals surface area contributed by atoms with Crippen LogP contribution in [0, 0.1) is 25.1 Å². The Kier molecular flexibility index (Phi) is 9.41. The Balaban J connectivity index is 1.59. The zero-order chi connectivity index (χ0) is 32.7. The summed E-state index contributed by atoms with van der Waals surface area (Å²) in [7, 11) is 0. The number of aryl methyl sites for hydroxylation is 2. The van der Waals surface area contributed by atoms with Crippen LogP contribution in [-0.4, -0.2) is 51.3 Å². The van der Waals surface area contributed by atoms with E-state index in [4.69, 9.17) is 9.72 Å². The van der Waals surface area contributed by atoms with Gasteiger partial charge in [-0.1, -0.05) is 38.1 Å². The van der Waals surface area contributed by atoms with E-state index in [1.807, 2.05) is 40.7 Å². The van der Waals surface area contributed by atoms with Crippen molar-refractivity contribution in [3.8, 4) is 11.1 Å². The van der Waals surface area contributed by atoms with E-state index in [1.54, 1.807) is 6.07 Å². The summed E-state index contributed by atoms with van der Waals surface area (Å²) in [6.45, 7) is 17.6. The number of carbonyl (C=O) groups is 1. The number of benzene rings is 2. The Hall–Kier alpha value is -3.33. The van der Waals surface area contributed by atoms with Crippen LogP contribution in [0.4, 0.5) is 10.1 Å². The fraction of sp³-hybridized carbons (Fsp3) is 0.514. The molecule has 1 aromatic heterocycles. The van der Waals surface area contributed by atoms with E-state index in [0.29, 0.717) is 17.0 Å². The number of aliphatic hydroxyl groups excluding tert-OH is 1. The van der Waals surface area contributed by atoms with E-state index in [2.05, 4.69) is 41.8 Å². The number of aliphatic carboxylic acids is 1. The third-order valence-corrected chi connectivity index (χ3v) is 9.30. The van der Waals surface area contributed by atoms with Crippen LogP contribution in [0.15, 0.2) is 36.4 Å². The number of carboxylic acid groups (broad SMARTS) is 1. The highest BCUT2D eigenvalue weighted by atomic mass is 19.1. The van der Waals surface area contributed by atoms with Gasteiger partial charge in [-0.25, -0.2) is 9.18 Å². The van der Waals surface area contributed by atoms with Crippen LogP contribution in [0.2, 0.25) is 0 Å². The third kappa shape index (κ3) is 7.40. The second-order valence-electron chi connectivity index (χ2n) is 14.6. The van der Waals surface area contributed by atoms with Crippen molar-refractivity contribution < 1.29 is 24.1 Å². The summed E-state index contributed by atoms with van der Waals surface area (Å²) in [6.07, 6.45) is 1.57. The number of ether oxygens (including phenoxy) is 1. The summed E-state index contributed by atoms with van der Waals surface area (Å²) in [4.78, 5) is 22.3. The highest BCUT2D eigenvalue weighted by molar-refractivity contribution is 5.88. The number of rotatable bonds is 8. The fourth-order valence-electron chi connectivity index (χ4n) is 6.72. The number of piperidine rings is 1. The predicted molar refractivity (Wildman–Crippen MR) is 176 cm³/mol. The Morgan fingerprint density at radius 1 is 1.07 bits per heavy atom. The van der Waals surface area contributed by atoms with E-state index in [1.165, 1.54) is 17.2 Å². The molecule has 1 saturated heterocycles. The topological polar surface area (TPSA) is 86.1 Å². The minimum atomic E-state index is -1.21. The van der Waals surface area contributed by atoms with Gasteiger partial charge < -0.3 is 19.8 Å². The Morgan fingerprint density at radius 2 is 1.78 bits per heavy atom. The van der Waals surface area contributed by atoms with Crippen LogP contribution in [0.1, 0.15) is 92.8 Å². The molecular formula is C37H48FN3O4. The Labute approximate surface area is 267 Å². The van der Waals surface area contributed by atoms with Crippen LogP contribution in [0.25, 0.3) is 11.1 Å². The molecule has 0 radical (unpaired) electrons. The van der Waals surface area contributed by atoms with E-state index in [9.17, 15) is 19.4 Å². The molecule has 2 aliphatic heterocycles. The number of aromatic nitrogens is 1. The summed E-state index contributed by atoms with van der Waals surface area (Å²) in [6, 6.07) is 11.4. The monoisotopic (exact) mass is 617 g/mol. The second-order valence-corrected chi connectivity index (χ2v) is 14.6. The summed E-state index contributed by atoms with van der Waals surface area (Å²) in [5.74, 6) is -1.27. The SMILES string of the molecule is Cc1cc(F)ccc1CN1CCc2cc(-c3c(CO)nc(C)c([C@H](OC(C)(C)C)C(=O)O)c3N3CCC(C)(C)CC3)ccc2C1. The van der Waals surface area contributed by atoms with Crippen LogP contribution in [0.5, 0.6) is 0 Å². The van der Waals surface area contributed by atoms with Gasteiger partial charge >= 0.3 is 5.97 Å². The average molecular weight is 618 g/mol. The molecule has 5 rings (SSSR count). The molecule has 2 N–H and O–H groups in total. The third-order valence-electron chi connectivity index (χ3n) is 9.30. The number of pyridine rings is 1. The number of fused-ring (bicyclic) bond motifs is 1. The number of carboxylic acids is 1. The van der Waals surface area contributed by atoms with Crippen molar-refractivity contribution in [2.75, 3.05) is 24.5 Å². The first-order valence-electron chi connectivity index (χ1n) is 16.0. The lowest BCUT2D eigenvalue weighted by atomic mass is 9.81. The summed E-state index contributed by atoms with van der Waals surface area (Å²) in [5, 5.41) is 21.1. The lowest BCUT2D eigenvalue weighted by Gasteiger charge is -2.41. The predicted octanol–water partition coefficient (Wildman–Crippen LogP) is 7.12. The molecule has 3 aromatic rings. The number of hydrogen-bond acceptors (Lipinski definition) is 6. The van der Waals surface area contributed by atoms with E-state index >= 15 is 0 Å². The molecule has 0 unspecified atom stereocenters. The highest BCUT2D eigenvalue weighted by Gasteiger charge is 2.37. The Morgan fingerprint density at radius 3 is 2.40 bits per heavy atom. The van der Waals surface area contributed by atoms with E-state index in [0.717, 1.165) is 79.9 Å². The molecule has 0 bridgehead atoms. The summed E-state index contributed by atoms with van der Waals surface area (Å²) >= 11 is 0. The molecule has 0 spiro atoms. The molecule has 45 heavy (non-hydrogen) atoms. The Bertz CT molecular complexity index is 1570. The van der Waals surface area contributed by atoms with Gasteiger partial charge in [0.25, 0.3) is 0 Å². The van der Waals surface area contributed by atoms with E-state index < -0.39 is 17.7 Å². The van der Waals surface area contributed by atoms with Crippen molar-refractivity contribution in [2.24, 2.45) is 5.41 Å². The minimum Gasteiger partial charge on any atom is -0.479 e. The lowest BCUT2D eigenvalue weighted by Crippen LogP contribution is -2.39. The average Bonchev–Trinajstić information content (AvgIpc) is 2.96. The van der Waals surface area contributed by atoms with E-state index in [-0.39, 0.29) is 17.8 Å². The largest absolute Gasteiger partial charge is 0.479 e. The van der Waals surface area contributed by atoms with Crippen LogP contribution >= 0.6 is 0 Å². The van der Waals surface area contributed by atoms with Crippen LogP contribution in [0.3, 0.4) is 0 Å². The van der Waals surface area contributed by atoms with Gasteiger partial charge in [-0.05, 0) is 99.2 Å². The highest BCUT2D eigenvalue weighted by Crippen LogP contribution is 2.45. The first-order chi connectivity index (χ1) is 21.2. The van der Waals surface area contributed by atoms with Gasteiger partial charge in [-0.2, -0.15) is 0 Å². The number of aliphatic hydroxyl groups is 1. The normalized spacial score (nSPS) is 17.7. The number of anilines is 1. The molecule has 7 nitrogen and oxygen atoms in total. The number of hydrogen-bond donors (Lipinski definition) is 2. The summed E-state index contributed by atoms with van der Waals surface area (Å²) < 4.78 is 19.9. The van der Waals surface area contributed by atoms with Crippen molar-refractivity contribution in [3.63, 3.8) is 0 Å². The van der Waals surface area contributed by atoms with Crippen molar-refractivity contribution >= 4 is 11.7 Å². The molecule has 8 heteroatoms. The molecule has 0 saturated carbocycles. The zero-order valence-electron chi connectivity index (χ0n) is 27.8. The number of nitrogens with zero attached hydrogens (tertiary/aromatic N) is 3. The van der Waals surface area contributed by atoms with Crippen LogP contribution in [-0.2, 0) is 35.6 Å². The van der Waals surface area contributed by atoms with Crippen LogP contribution < -0.4 is 4.90 Å². The fourth-order valence-corrected chi connectivity index (χ4v) is 6.72. The molecule has 2 aromatic carbocycles. The minimum absolute atomic E-state index is 0.191. The molecule has 2 aliphatic rings. The quantitative estimate of drug-likeness (QED) is 0.278. The van der Waals surface area contributed by atoms with Crippen molar-refractivity contribution in [1.82, 2.24) is 9.88 Å². The van der Waals surface area contributed by atoms with Crippen molar-refractivity contribution in [1.29, 1.82) is 0 Å². The lowest BCUT2D eigenvalue weighted by molar-refractivity contribution is -0.160. The van der Waals surface area contributed by atoms with Gasteiger partial charge in [-0.15, -0.1) is 0 Å². The maximum absolute atomic E-state index is 13.7. The second kappa shape index (κ2) is 12.8.